The molecule has 1 saturated carbocycles. The molecule has 3 aliphatic rings. The number of rotatable bonds is 5. The Labute approximate surface area is 210 Å². The van der Waals surface area contributed by atoms with E-state index >= 15 is 0 Å². The number of hydrogen-bond acceptors (Lipinski definition) is 7. The number of piperidine rings is 1. The fourth-order valence-electron chi connectivity index (χ4n) is 4.94. The summed E-state index contributed by atoms with van der Waals surface area (Å²) in [7, 11) is 0. The van der Waals surface area contributed by atoms with Crippen molar-refractivity contribution in [2.24, 2.45) is 5.16 Å². The van der Waals surface area contributed by atoms with Gasteiger partial charge < -0.3 is 25.1 Å². The molecule has 2 N–H and O–H groups in total. The van der Waals surface area contributed by atoms with E-state index in [-0.39, 0.29) is 36.8 Å². The van der Waals surface area contributed by atoms with Crippen molar-refractivity contribution in [3.8, 4) is 0 Å². The highest BCUT2D eigenvalue weighted by molar-refractivity contribution is 5.90. The number of aliphatic hydroxyl groups excluding tert-OH is 1. The molecule has 10 heteroatoms. The number of anilines is 2. The zero-order valence-corrected chi connectivity index (χ0v) is 20.6. The molecule has 0 unspecified atom stereocenters. The van der Waals surface area contributed by atoms with Gasteiger partial charge in [0.05, 0.1) is 30.6 Å². The maximum atomic E-state index is 14.6. The second-order valence-corrected chi connectivity index (χ2v) is 10.0. The Kier molecular flexibility index (Phi) is 7.31. The van der Waals surface area contributed by atoms with Crippen LogP contribution in [0.1, 0.15) is 55.6 Å². The van der Waals surface area contributed by atoms with E-state index in [0.29, 0.717) is 0 Å². The van der Waals surface area contributed by atoms with Crippen LogP contribution in [0.4, 0.5) is 20.8 Å². The number of nitrogens with one attached hydrogen (secondary N) is 1. The summed E-state index contributed by atoms with van der Waals surface area (Å²) in [6.45, 7) is 4.24. The standard InChI is InChI=1S/C26H33FN6O3/c1-17-13-28-25(29-14-17)32-10-8-22(9-11-32)36-31-20-5-2-18(3-6-20)19-4-7-24(23(27)12-19)30-26(35)33-15-21(34)16-33/h4,7,12-14,18,21-22,34H,2-3,5-6,8-11,15-16H2,1H3,(H,30,35). The molecule has 2 aromatic rings. The van der Waals surface area contributed by atoms with Crippen LogP contribution in [0.25, 0.3) is 0 Å². The van der Waals surface area contributed by atoms with Crippen LogP contribution in [0, 0.1) is 12.7 Å². The number of hydrogen-bond donors (Lipinski definition) is 2. The van der Waals surface area contributed by atoms with Gasteiger partial charge in [0.15, 0.2) is 0 Å². The summed E-state index contributed by atoms with van der Waals surface area (Å²) in [6.07, 6.45) is 8.52. The van der Waals surface area contributed by atoms with Gasteiger partial charge in [-0.1, -0.05) is 11.2 Å². The van der Waals surface area contributed by atoms with Crippen LogP contribution >= 0.6 is 0 Å². The first-order chi connectivity index (χ1) is 17.4. The van der Waals surface area contributed by atoms with Gasteiger partial charge in [-0.05, 0) is 61.8 Å². The van der Waals surface area contributed by atoms with Crippen LogP contribution in [0.15, 0.2) is 35.7 Å². The molecule has 5 rings (SSSR count). The van der Waals surface area contributed by atoms with Crippen molar-refractivity contribution in [3.63, 3.8) is 0 Å². The monoisotopic (exact) mass is 496 g/mol. The van der Waals surface area contributed by atoms with Gasteiger partial charge in [0, 0.05) is 38.3 Å². The van der Waals surface area contributed by atoms with E-state index in [4.69, 9.17) is 4.84 Å². The van der Waals surface area contributed by atoms with Crippen molar-refractivity contribution in [1.29, 1.82) is 0 Å². The van der Waals surface area contributed by atoms with Gasteiger partial charge in [-0.3, -0.25) is 0 Å². The maximum Gasteiger partial charge on any atom is 0.322 e. The van der Waals surface area contributed by atoms with Gasteiger partial charge in [-0.15, -0.1) is 0 Å². The molecule has 3 fully saturated rings. The Morgan fingerprint density at radius 1 is 1.14 bits per heavy atom. The summed E-state index contributed by atoms with van der Waals surface area (Å²) in [5, 5.41) is 16.4. The van der Waals surface area contributed by atoms with Gasteiger partial charge >= 0.3 is 6.03 Å². The molecule has 1 aromatic heterocycles. The maximum absolute atomic E-state index is 14.6. The SMILES string of the molecule is Cc1cnc(N2CCC(ON=C3CCC(c4ccc(NC(=O)N5CC(O)C5)c(F)c4)CC3)CC2)nc1. The van der Waals surface area contributed by atoms with Crippen molar-refractivity contribution in [3.05, 3.63) is 47.5 Å². The first kappa shape index (κ1) is 24.4. The average molecular weight is 497 g/mol. The summed E-state index contributed by atoms with van der Waals surface area (Å²) >= 11 is 0. The Morgan fingerprint density at radius 3 is 2.47 bits per heavy atom. The van der Waals surface area contributed by atoms with Crippen LogP contribution < -0.4 is 10.2 Å². The average Bonchev–Trinajstić information content (AvgIpc) is 2.88. The zero-order valence-electron chi connectivity index (χ0n) is 20.6. The number of benzene rings is 1. The summed E-state index contributed by atoms with van der Waals surface area (Å²) in [5.41, 5.74) is 3.22. The number of nitrogens with zero attached hydrogens (tertiary/aromatic N) is 5. The van der Waals surface area contributed by atoms with Crippen molar-refractivity contribution >= 4 is 23.4 Å². The minimum atomic E-state index is -0.486. The van der Waals surface area contributed by atoms with E-state index in [1.54, 1.807) is 6.07 Å². The highest BCUT2D eigenvalue weighted by Crippen LogP contribution is 2.33. The smallest absolute Gasteiger partial charge is 0.322 e. The summed E-state index contributed by atoms with van der Waals surface area (Å²) < 4.78 is 14.6. The minimum absolute atomic E-state index is 0.105. The number of aromatic nitrogens is 2. The van der Waals surface area contributed by atoms with E-state index in [1.807, 2.05) is 25.4 Å². The van der Waals surface area contributed by atoms with E-state index in [1.165, 1.54) is 11.0 Å². The molecule has 1 aromatic carbocycles. The molecule has 2 amide bonds. The van der Waals surface area contributed by atoms with Crippen molar-refractivity contribution < 1.29 is 19.1 Å². The predicted octanol–water partition coefficient (Wildman–Crippen LogP) is 3.83. The lowest BCUT2D eigenvalue weighted by Crippen LogP contribution is -2.54. The van der Waals surface area contributed by atoms with E-state index in [0.717, 1.165) is 74.4 Å². The van der Waals surface area contributed by atoms with Gasteiger partial charge in [0.2, 0.25) is 5.95 Å². The number of β-amino-alcohol motifs (C(OH)–C–C–N with tert-alkyl or cyclic N) is 1. The Balaban J connectivity index is 1.06. The molecular weight excluding hydrogens is 463 g/mol. The number of carbonyl (C=O) groups is 1. The van der Waals surface area contributed by atoms with Crippen LogP contribution in [0.3, 0.4) is 0 Å². The molecule has 2 saturated heterocycles. The summed E-state index contributed by atoms with van der Waals surface area (Å²) in [6, 6.07) is 4.65. The largest absolute Gasteiger partial charge is 0.392 e. The number of halogens is 1. The van der Waals surface area contributed by atoms with Crippen molar-refractivity contribution in [2.75, 3.05) is 36.4 Å². The van der Waals surface area contributed by atoms with Crippen LogP contribution in [-0.4, -0.2) is 70.1 Å². The number of oxime groups is 1. The van der Waals surface area contributed by atoms with E-state index < -0.39 is 11.9 Å². The lowest BCUT2D eigenvalue weighted by molar-refractivity contribution is 0.0308. The Hall–Kier alpha value is -3.27. The molecule has 3 heterocycles. The fourth-order valence-corrected chi connectivity index (χ4v) is 4.94. The predicted molar refractivity (Wildman–Crippen MR) is 135 cm³/mol. The second-order valence-electron chi connectivity index (χ2n) is 10.0. The lowest BCUT2D eigenvalue weighted by Gasteiger charge is -2.35. The topological polar surface area (TPSA) is 103 Å². The number of carbonyl (C=O) groups excluding carboxylic acids is 1. The zero-order chi connectivity index (χ0) is 25.1. The van der Waals surface area contributed by atoms with Crippen LogP contribution in [0.2, 0.25) is 0 Å². The van der Waals surface area contributed by atoms with Crippen LogP contribution in [0.5, 0.6) is 0 Å². The number of urea groups is 1. The number of likely N-dealkylation sites (tertiary alicyclic amines) is 1. The van der Waals surface area contributed by atoms with Gasteiger partial charge in [-0.25, -0.2) is 19.2 Å². The third-order valence-corrected chi connectivity index (χ3v) is 7.24. The molecule has 36 heavy (non-hydrogen) atoms. The molecule has 0 spiro atoms. The number of aliphatic hydroxyl groups is 1. The minimum Gasteiger partial charge on any atom is -0.392 e. The summed E-state index contributed by atoms with van der Waals surface area (Å²) in [5.74, 6) is 0.588. The van der Waals surface area contributed by atoms with E-state index in [9.17, 15) is 14.3 Å². The fraction of sp³-hybridized carbons (Fsp3) is 0.538. The van der Waals surface area contributed by atoms with Crippen LogP contribution in [-0.2, 0) is 4.84 Å². The number of amides is 2. The second kappa shape index (κ2) is 10.8. The molecular formula is C26H33FN6O3. The third-order valence-electron chi connectivity index (χ3n) is 7.24. The van der Waals surface area contributed by atoms with Crippen molar-refractivity contribution in [2.45, 2.75) is 63.6 Å². The molecule has 0 radical (unpaired) electrons. The molecule has 0 bridgehead atoms. The Bertz CT molecular complexity index is 1090. The molecule has 2 aliphatic heterocycles. The molecule has 1 aliphatic carbocycles. The van der Waals surface area contributed by atoms with E-state index in [2.05, 4.69) is 25.3 Å². The van der Waals surface area contributed by atoms with Gasteiger partial charge in [0.1, 0.15) is 11.9 Å². The third kappa shape index (κ3) is 5.75. The molecule has 9 nitrogen and oxygen atoms in total. The quantitative estimate of drug-likeness (QED) is 0.610. The molecule has 192 valence electrons. The summed E-state index contributed by atoms with van der Waals surface area (Å²) in [4.78, 5) is 30.4. The van der Waals surface area contributed by atoms with Gasteiger partial charge in [0.25, 0.3) is 0 Å². The lowest BCUT2D eigenvalue weighted by atomic mass is 9.83. The van der Waals surface area contributed by atoms with Crippen molar-refractivity contribution in [1.82, 2.24) is 14.9 Å². The highest BCUT2D eigenvalue weighted by Gasteiger charge is 2.29. The first-order valence-electron chi connectivity index (χ1n) is 12.7. The normalized spacial score (nSPS) is 21.2. The van der Waals surface area contributed by atoms with Gasteiger partial charge in [-0.2, -0.15) is 0 Å². The highest BCUT2D eigenvalue weighted by atomic mass is 19.1. The first-order valence-corrected chi connectivity index (χ1v) is 12.7. The Morgan fingerprint density at radius 2 is 1.83 bits per heavy atom. The number of aryl methyl sites for hydroxylation is 1. The molecule has 0 atom stereocenters.